The fourth-order valence-electron chi connectivity index (χ4n) is 1.35. The van der Waals surface area contributed by atoms with Crippen molar-refractivity contribution in [2.75, 3.05) is 23.8 Å². The fraction of sp³-hybridized carbons (Fsp3) is 1.00. The van der Waals surface area contributed by atoms with Crippen molar-refractivity contribution in [3.63, 3.8) is 0 Å². The number of thioether (sulfide) groups is 1. The first-order chi connectivity index (χ1) is 7.87. The third-order valence-corrected chi connectivity index (χ3v) is 4.83. The Morgan fingerprint density at radius 2 is 1.88 bits per heavy atom. The highest BCUT2D eigenvalue weighted by Crippen LogP contribution is 2.03. The van der Waals surface area contributed by atoms with E-state index in [4.69, 9.17) is 0 Å². The quantitative estimate of drug-likeness (QED) is 0.595. The molecule has 0 aromatic heterocycles. The molecule has 0 aliphatic heterocycles. The summed E-state index contributed by atoms with van der Waals surface area (Å²) in [5.74, 6) is 2.05. The zero-order chi connectivity index (χ0) is 13.3. The van der Waals surface area contributed by atoms with E-state index in [1.807, 2.05) is 6.92 Å². The Morgan fingerprint density at radius 1 is 1.24 bits per heavy atom. The second-order valence-electron chi connectivity index (χ2n) is 4.46. The molecule has 0 amide bonds. The van der Waals surface area contributed by atoms with Gasteiger partial charge in [-0.3, -0.25) is 0 Å². The summed E-state index contributed by atoms with van der Waals surface area (Å²) in [4.78, 5) is 0. The van der Waals surface area contributed by atoms with Gasteiger partial charge in [0.2, 0.25) is 10.0 Å². The number of hydrogen-bond donors (Lipinski definition) is 2. The lowest BCUT2D eigenvalue weighted by Crippen LogP contribution is -2.37. The number of nitrogens with one attached hydrogen (secondary N) is 2. The Kier molecular flexibility index (Phi) is 9.31. The number of sulfonamides is 1. The molecular formula is C11H26N2O2S2. The Hall–Kier alpha value is 0.220. The summed E-state index contributed by atoms with van der Waals surface area (Å²) >= 11 is 1.75. The van der Waals surface area contributed by atoms with E-state index >= 15 is 0 Å². The minimum absolute atomic E-state index is 0.0167. The van der Waals surface area contributed by atoms with E-state index in [2.05, 4.69) is 30.8 Å². The normalized spacial score (nSPS) is 14.2. The van der Waals surface area contributed by atoms with E-state index in [9.17, 15) is 8.42 Å². The highest BCUT2D eigenvalue weighted by Gasteiger charge is 2.13. The summed E-state index contributed by atoms with van der Waals surface area (Å²) in [6.07, 6.45) is 0.654. The molecule has 0 spiro atoms. The van der Waals surface area contributed by atoms with Crippen molar-refractivity contribution >= 4 is 21.8 Å². The predicted molar refractivity (Wildman–Crippen MR) is 77.1 cm³/mol. The molecule has 4 nitrogen and oxygen atoms in total. The van der Waals surface area contributed by atoms with E-state index in [0.717, 1.165) is 18.1 Å². The molecular weight excluding hydrogens is 256 g/mol. The molecule has 1 unspecified atom stereocenters. The topological polar surface area (TPSA) is 58.2 Å². The van der Waals surface area contributed by atoms with Crippen LogP contribution in [0, 0.1) is 0 Å². The van der Waals surface area contributed by atoms with Crippen molar-refractivity contribution in [1.29, 1.82) is 0 Å². The molecule has 2 N–H and O–H groups in total. The molecule has 0 aliphatic rings. The van der Waals surface area contributed by atoms with Gasteiger partial charge < -0.3 is 5.32 Å². The smallest absolute Gasteiger partial charge is 0.211 e. The van der Waals surface area contributed by atoms with Gasteiger partial charge in [0, 0.05) is 17.8 Å². The molecule has 0 heterocycles. The van der Waals surface area contributed by atoms with Crippen LogP contribution >= 0.6 is 11.8 Å². The van der Waals surface area contributed by atoms with Gasteiger partial charge in [-0.05, 0) is 25.6 Å². The number of hydrogen-bond acceptors (Lipinski definition) is 4. The molecule has 0 rings (SSSR count). The van der Waals surface area contributed by atoms with Gasteiger partial charge in [-0.15, -0.1) is 0 Å². The van der Waals surface area contributed by atoms with Crippen molar-refractivity contribution in [1.82, 2.24) is 10.0 Å². The molecule has 0 fully saturated rings. The SMILES string of the molecule is CCSCC(C)NS(=O)(=O)CCCNC(C)C. The summed E-state index contributed by atoms with van der Waals surface area (Å²) in [5.41, 5.74) is 0. The molecule has 0 saturated heterocycles. The van der Waals surface area contributed by atoms with Gasteiger partial charge in [0.15, 0.2) is 0 Å². The summed E-state index contributed by atoms with van der Waals surface area (Å²) in [6.45, 7) is 8.83. The summed E-state index contributed by atoms with van der Waals surface area (Å²) in [5, 5.41) is 3.21. The average molecular weight is 282 g/mol. The first-order valence-corrected chi connectivity index (χ1v) is 8.99. The molecule has 0 aromatic rings. The van der Waals surface area contributed by atoms with Crippen LogP contribution in [0.5, 0.6) is 0 Å². The van der Waals surface area contributed by atoms with Crippen LogP contribution in [-0.4, -0.2) is 44.3 Å². The third kappa shape index (κ3) is 11.1. The zero-order valence-electron chi connectivity index (χ0n) is 11.3. The lowest BCUT2D eigenvalue weighted by atomic mass is 10.4. The third-order valence-electron chi connectivity index (χ3n) is 2.10. The summed E-state index contributed by atoms with van der Waals surface area (Å²) < 4.78 is 26.1. The lowest BCUT2D eigenvalue weighted by Gasteiger charge is -2.14. The molecule has 17 heavy (non-hydrogen) atoms. The maximum Gasteiger partial charge on any atom is 0.211 e. The molecule has 0 saturated carbocycles. The highest BCUT2D eigenvalue weighted by molar-refractivity contribution is 7.99. The largest absolute Gasteiger partial charge is 0.314 e. The van der Waals surface area contributed by atoms with Gasteiger partial charge in [-0.25, -0.2) is 13.1 Å². The van der Waals surface area contributed by atoms with Crippen molar-refractivity contribution < 1.29 is 8.42 Å². The minimum atomic E-state index is -3.11. The molecule has 0 bridgehead atoms. The van der Waals surface area contributed by atoms with E-state index in [1.54, 1.807) is 11.8 Å². The van der Waals surface area contributed by atoms with Crippen LogP contribution in [0.15, 0.2) is 0 Å². The Bertz CT molecular complexity index is 279. The fourth-order valence-corrected chi connectivity index (χ4v) is 3.46. The van der Waals surface area contributed by atoms with Crippen LogP contribution in [0.4, 0.5) is 0 Å². The zero-order valence-corrected chi connectivity index (χ0v) is 13.0. The van der Waals surface area contributed by atoms with Crippen LogP contribution < -0.4 is 10.0 Å². The monoisotopic (exact) mass is 282 g/mol. The molecule has 0 radical (unpaired) electrons. The molecule has 0 aromatic carbocycles. The Morgan fingerprint density at radius 3 is 2.41 bits per heavy atom. The maximum absolute atomic E-state index is 11.7. The van der Waals surface area contributed by atoms with Gasteiger partial charge in [-0.2, -0.15) is 11.8 Å². The van der Waals surface area contributed by atoms with Crippen LogP contribution in [0.3, 0.4) is 0 Å². The first kappa shape index (κ1) is 17.2. The van der Waals surface area contributed by atoms with E-state index in [1.165, 1.54) is 0 Å². The Balaban J connectivity index is 3.79. The first-order valence-electron chi connectivity index (χ1n) is 6.18. The summed E-state index contributed by atoms with van der Waals surface area (Å²) in [7, 11) is -3.11. The van der Waals surface area contributed by atoms with Gasteiger partial charge in [0.25, 0.3) is 0 Å². The van der Waals surface area contributed by atoms with Gasteiger partial charge in [0.05, 0.1) is 5.75 Å². The van der Waals surface area contributed by atoms with Crippen molar-refractivity contribution in [3.05, 3.63) is 0 Å². The maximum atomic E-state index is 11.7. The van der Waals surface area contributed by atoms with Gasteiger partial charge in [-0.1, -0.05) is 20.8 Å². The van der Waals surface area contributed by atoms with Crippen LogP contribution in [0.2, 0.25) is 0 Å². The highest BCUT2D eigenvalue weighted by atomic mass is 32.2. The van der Waals surface area contributed by atoms with Gasteiger partial charge >= 0.3 is 0 Å². The second kappa shape index (κ2) is 9.19. The molecule has 104 valence electrons. The van der Waals surface area contributed by atoms with Crippen molar-refractivity contribution in [2.45, 2.75) is 46.2 Å². The van der Waals surface area contributed by atoms with E-state index in [0.29, 0.717) is 12.5 Å². The number of rotatable bonds is 10. The van der Waals surface area contributed by atoms with Crippen LogP contribution in [-0.2, 0) is 10.0 Å². The Labute approximate surface area is 110 Å². The summed E-state index contributed by atoms with van der Waals surface area (Å²) in [6, 6.07) is 0.425. The minimum Gasteiger partial charge on any atom is -0.314 e. The molecule has 0 aliphatic carbocycles. The lowest BCUT2D eigenvalue weighted by molar-refractivity contribution is 0.554. The predicted octanol–water partition coefficient (Wildman–Crippen LogP) is 1.44. The van der Waals surface area contributed by atoms with Crippen LogP contribution in [0.1, 0.15) is 34.1 Å². The van der Waals surface area contributed by atoms with E-state index < -0.39 is 10.0 Å². The average Bonchev–Trinajstić information content (AvgIpc) is 2.20. The van der Waals surface area contributed by atoms with Crippen molar-refractivity contribution in [3.8, 4) is 0 Å². The van der Waals surface area contributed by atoms with Gasteiger partial charge in [0.1, 0.15) is 0 Å². The van der Waals surface area contributed by atoms with Crippen LogP contribution in [0.25, 0.3) is 0 Å². The standard InChI is InChI=1S/C11H26N2O2S2/c1-5-16-9-11(4)13-17(14,15)8-6-7-12-10(2)3/h10-13H,5-9H2,1-4H3. The van der Waals surface area contributed by atoms with E-state index in [-0.39, 0.29) is 11.8 Å². The van der Waals surface area contributed by atoms with Crippen molar-refractivity contribution in [2.24, 2.45) is 0 Å². The molecule has 6 heteroatoms. The molecule has 1 atom stereocenters. The second-order valence-corrected chi connectivity index (χ2v) is 7.65.